The monoisotopic (exact) mass is 241 g/mol. The van der Waals surface area contributed by atoms with Gasteiger partial charge in [0.2, 0.25) is 0 Å². The van der Waals surface area contributed by atoms with E-state index in [0.717, 1.165) is 31.2 Å². The molecule has 102 valence electrons. The van der Waals surface area contributed by atoms with Crippen LogP contribution >= 0.6 is 0 Å². The molecule has 0 saturated heterocycles. The zero-order chi connectivity index (χ0) is 12.8. The van der Waals surface area contributed by atoms with Crippen LogP contribution in [0.25, 0.3) is 0 Å². The molecule has 4 atom stereocenters. The van der Waals surface area contributed by atoms with Gasteiger partial charge in [-0.15, -0.1) is 0 Å². The average Bonchev–Trinajstić information content (AvgIpc) is 2.32. The Kier molecular flexibility index (Phi) is 6.50. The van der Waals surface area contributed by atoms with Crippen molar-refractivity contribution in [3.05, 3.63) is 0 Å². The molecule has 0 heterocycles. The Bertz CT molecular complexity index is 203. The SMILES string of the molecule is CCC(CC)C(O)CNC1CCCC(C)C1C. The summed E-state index contributed by atoms with van der Waals surface area (Å²) in [5, 5.41) is 13.7. The van der Waals surface area contributed by atoms with E-state index in [1.807, 2.05) is 0 Å². The van der Waals surface area contributed by atoms with Crippen LogP contribution in [0, 0.1) is 17.8 Å². The molecule has 4 unspecified atom stereocenters. The summed E-state index contributed by atoms with van der Waals surface area (Å²) in [7, 11) is 0. The first-order chi connectivity index (χ1) is 8.10. The number of hydrogen-bond acceptors (Lipinski definition) is 2. The van der Waals surface area contributed by atoms with Crippen LogP contribution in [0.1, 0.15) is 59.8 Å². The van der Waals surface area contributed by atoms with Gasteiger partial charge in [-0.25, -0.2) is 0 Å². The van der Waals surface area contributed by atoms with E-state index in [2.05, 4.69) is 33.0 Å². The smallest absolute Gasteiger partial charge is 0.0692 e. The second kappa shape index (κ2) is 7.38. The van der Waals surface area contributed by atoms with E-state index >= 15 is 0 Å². The van der Waals surface area contributed by atoms with Crippen molar-refractivity contribution in [1.29, 1.82) is 0 Å². The molecule has 2 heteroatoms. The lowest BCUT2D eigenvalue weighted by Crippen LogP contribution is -2.45. The van der Waals surface area contributed by atoms with E-state index in [9.17, 15) is 5.11 Å². The number of aliphatic hydroxyl groups excluding tert-OH is 1. The summed E-state index contributed by atoms with van der Waals surface area (Å²) < 4.78 is 0. The van der Waals surface area contributed by atoms with Crippen LogP contribution in [-0.4, -0.2) is 23.8 Å². The van der Waals surface area contributed by atoms with Crippen molar-refractivity contribution in [2.45, 2.75) is 71.9 Å². The standard InChI is InChI=1S/C15H31NO/c1-5-13(6-2)15(17)10-16-14-9-7-8-11(3)12(14)4/h11-17H,5-10H2,1-4H3. The van der Waals surface area contributed by atoms with Crippen LogP contribution in [0.2, 0.25) is 0 Å². The van der Waals surface area contributed by atoms with Crippen molar-refractivity contribution in [2.75, 3.05) is 6.54 Å². The van der Waals surface area contributed by atoms with Gasteiger partial charge in [-0.3, -0.25) is 0 Å². The lowest BCUT2D eigenvalue weighted by Gasteiger charge is -2.35. The Balaban J connectivity index is 2.34. The molecule has 0 aromatic rings. The maximum atomic E-state index is 10.1. The zero-order valence-corrected chi connectivity index (χ0v) is 12.1. The molecule has 0 bridgehead atoms. The molecule has 1 saturated carbocycles. The molecule has 1 rings (SSSR count). The first kappa shape index (κ1) is 15.0. The lowest BCUT2D eigenvalue weighted by atomic mass is 9.78. The van der Waals surface area contributed by atoms with Gasteiger partial charge >= 0.3 is 0 Å². The Morgan fingerprint density at radius 1 is 1.18 bits per heavy atom. The molecule has 0 aliphatic heterocycles. The summed E-state index contributed by atoms with van der Waals surface area (Å²) in [5.41, 5.74) is 0. The summed E-state index contributed by atoms with van der Waals surface area (Å²) in [6, 6.07) is 0.614. The van der Waals surface area contributed by atoms with Crippen molar-refractivity contribution in [2.24, 2.45) is 17.8 Å². The molecule has 0 spiro atoms. The van der Waals surface area contributed by atoms with Crippen molar-refractivity contribution in [3.63, 3.8) is 0 Å². The van der Waals surface area contributed by atoms with E-state index in [1.54, 1.807) is 0 Å². The summed E-state index contributed by atoms with van der Waals surface area (Å²) in [5.74, 6) is 2.03. The quantitative estimate of drug-likeness (QED) is 0.748. The Hall–Kier alpha value is -0.0800. The van der Waals surface area contributed by atoms with Gasteiger partial charge in [0, 0.05) is 12.6 Å². The Morgan fingerprint density at radius 2 is 1.82 bits per heavy atom. The topological polar surface area (TPSA) is 32.3 Å². The minimum atomic E-state index is -0.172. The molecule has 2 nitrogen and oxygen atoms in total. The predicted molar refractivity (Wildman–Crippen MR) is 74.0 cm³/mol. The number of aliphatic hydroxyl groups is 1. The minimum absolute atomic E-state index is 0.172. The molecule has 2 N–H and O–H groups in total. The first-order valence-electron chi connectivity index (χ1n) is 7.51. The van der Waals surface area contributed by atoms with Crippen molar-refractivity contribution in [1.82, 2.24) is 5.32 Å². The summed E-state index contributed by atoms with van der Waals surface area (Å²) in [4.78, 5) is 0. The molecule has 1 fully saturated rings. The predicted octanol–water partition coefficient (Wildman–Crippen LogP) is 3.20. The van der Waals surface area contributed by atoms with E-state index in [-0.39, 0.29) is 6.10 Å². The maximum absolute atomic E-state index is 10.1. The van der Waals surface area contributed by atoms with Crippen molar-refractivity contribution in [3.8, 4) is 0 Å². The largest absolute Gasteiger partial charge is 0.392 e. The number of hydrogen-bond donors (Lipinski definition) is 2. The number of nitrogens with one attached hydrogen (secondary N) is 1. The van der Waals surface area contributed by atoms with E-state index < -0.39 is 0 Å². The molecule has 0 aromatic heterocycles. The van der Waals surface area contributed by atoms with Crippen molar-refractivity contribution < 1.29 is 5.11 Å². The number of rotatable bonds is 6. The Labute approximate surface area is 107 Å². The summed E-state index contributed by atoms with van der Waals surface area (Å²) in [6.07, 6.45) is 5.97. The summed E-state index contributed by atoms with van der Waals surface area (Å²) in [6.45, 7) is 9.82. The normalized spacial score (nSPS) is 31.8. The van der Waals surface area contributed by atoms with E-state index in [0.29, 0.717) is 12.0 Å². The van der Waals surface area contributed by atoms with Gasteiger partial charge in [-0.1, -0.05) is 53.4 Å². The fourth-order valence-electron chi connectivity index (χ4n) is 3.14. The molecule has 0 radical (unpaired) electrons. The van der Waals surface area contributed by atoms with Crippen LogP contribution in [-0.2, 0) is 0 Å². The highest BCUT2D eigenvalue weighted by Gasteiger charge is 2.27. The van der Waals surface area contributed by atoms with E-state index in [1.165, 1.54) is 19.3 Å². The van der Waals surface area contributed by atoms with Gasteiger partial charge in [0.25, 0.3) is 0 Å². The third-order valence-corrected chi connectivity index (χ3v) is 4.89. The summed E-state index contributed by atoms with van der Waals surface area (Å²) >= 11 is 0. The molecule has 0 amide bonds. The molecule has 0 aromatic carbocycles. The van der Waals surface area contributed by atoms with Crippen LogP contribution < -0.4 is 5.32 Å². The van der Waals surface area contributed by atoms with Gasteiger partial charge in [0.05, 0.1) is 6.10 Å². The Morgan fingerprint density at radius 3 is 2.41 bits per heavy atom. The fraction of sp³-hybridized carbons (Fsp3) is 1.00. The van der Waals surface area contributed by atoms with Gasteiger partial charge in [0.1, 0.15) is 0 Å². The van der Waals surface area contributed by atoms with Crippen LogP contribution in [0.5, 0.6) is 0 Å². The molecule has 1 aliphatic carbocycles. The van der Waals surface area contributed by atoms with Gasteiger partial charge in [-0.05, 0) is 24.2 Å². The first-order valence-corrected chi connectivity index (χ1v) is 7.51. The second-order valence-corrected chi connectivity index (χ2v) is 5.93. The molecule has 1 aliphatic rings. The van der Waals surface area contributed by atoms with Crippen molar-refractivity contribution >= 4 is 0 Å². The lowest BCUT2D eigenvalue weighted by molar-refractivity contribution is 0.0889. The zero-order valence-electron chi connectivity index (χ0n) is 12.1. The second-order valence-electron chi connectivity index (χ2n) is 5.93. The van der Waals surface area contributed by atoms with Crippen LogP contribution in [0.3, 0.4) is 0 Å². The minimum Gasteiger partial charge on any atom is -0.392 e. The third kappa shape index (κ3) is 4.26. The van der Waals surface area contributed by atoms with Gasteiger partial charge in [0.15, 0.2) is 0 Å². The van der Waals surface area contributed by atoms with Gasteiger partial charge < -0.3 is 10.4 Å². The molecule has 17 heavy (non-hydrogen) atoms. The average molecular weight is 241 g/mol. The molecular weight excluding hydrogens is 210 g/mol. The van der Waals surface area contributed by atoms with Crippen LogP contribution in [0.15, 0.2) is 0 Å². The fourth-order valence-corrected chi connectivity index (χ4v) is 3.14. The van der Waals surface area contributed by atoms with Crippen LogP contribution in [0.4, 0.5) is 0 Å². The molecular formula is C15H31NO. The van der Waals surface area contributed by atoms with E-state index in [4.69, 9.17) is 0 Å². The highest BCUT2D eigenvalue weighted by Crippen LogP contribution is 2.29. The highest BCUT2D eigenvalue weighted by atomic mass is 16.3. The maximum Gasteiger partial charge on any atom is 0.0692 e. The third-order valence-electron chi connectivity index (χ3n) is 4.89. The van der Waals surface area contributed by atoms with Gasteiger partial charge in [-0.2, -0.15) is 0 Å². The highest BCUT2D eigenvalue weighted by molar-refractivity contribution is 4.83.